The van der Waals surface area contributed by atoms with Crippen LogP contribution in [0.15, 0.2) is 22.4 Å². The summed E-state index contributed by atoms with van der Waals surface area (Å²) in [6.45, 7) is 0. The van der Waals surface area contributed by atoms with Crippen molar-refractivity contribution in [3.8, 4) is 0 Å². The quantitative estimate of drug-likeness (QED) is 0.495. The molecule has 0 aromatic heterocycles. The standard InChI is InChI=1S/C5H5.CH3.Ga.H/c1-2-4-5-3-1;;;/h1-3H,4H2;1H3;;. The summed E-state index contributed by atoms with van der Waals surface area (Å²) < 4.78 is 1.74. The van der Waals surface area contributed by atoms with Crippen LogP contribution in [0, 0.1) is 0 Å². The van der Waals surface area contributed by atoms with Gasteiger partial charge in [0.05, 0.1) is 0 Å². The molecule has 0 aromatic rings. The minimum absolute atomic E-state index is 0.170. The molecule has 0 unspecified atom stereocenters. The van der Waals surface area contributed by atoms with E-state index in [2.05, 4.69) is 23.7 Å². The first-order valence-electron chi connectivity index (χ1n) is 2.78. The fourth-order valence-electron chi connectivity index (χ4n) is 0.754. The first kappa shape index (κ1) is 5.26. The molecule has 0 saturated carbocycles. The van der Waals surface area contributed by atoms with Crippen molar-refractivity contribution in [2.75, 3.05) is 0 Å². The summed E-state index contributed by atoms with van der Waals surface area (Å²) in [5.74, 6) is 0. The third-order valence-corrected chi connectivity index (χ3v) is 4.31. The summed E-state index contributed by atoms with van der Waals surface area (Å²) in [5, 5.41) is 0. The molecule has 0 saturated heterocycles. The van der Waals surface area contributed by atoms with Gasteiger partial charge in [0.25, 0.3) is 0 Å². The average molecular weight is 151 g/mol. The van der Waals surface area contributed by atoms with Crippen molar-refractivity contribution < 1.29 is 0 Å². The van der Waals surface area contributed by atoms with Gasteiger partial charge in [0.1, 0.15) is 0 Å². The fraction of sp³-hybridized carbons (Fsp3) is 0.333. The third kappa shape index (κ3) is 1.25. The van der Waals surface area contributed by atoms with Gasteiger partial charge in [-0.3, -0.25) is 0 Å². The summed E-state index contributed by atoms with van der Waals surface area (Å²) in [7, 11) is 0. The van der Waals surface area contributed by atoms with Crippen LogP contribution in [-0.4, -0.2) is 17.4 Å². The molecular weight excluding hydrogens is 142 g/mol. The zero-order valence-electron chi connectivity index (χ0n) is 4.65. The second kappa shape index (κ2) is 2.43. The Labute approximate surface area is 52.1 Å². The van der Waals surface area contributed by atoms with Crippen LogP contribution in [0.2, 0.25) is 5.48 Å². The number of rotatable bonds is 1. The van der Waals surface area contributed by atoms with Gasteiger partial charge in [0.15, 0.2) is 0 Å². The summed E-state index contributed by atoms with van der Waals surface area (Å²) >= 11 is -0.170. The van der Waals surface area contributed by atoms with E-state index < -0.39 is 0 Å². The van der Waals surface area contributed by atoms with Gasteiger partial charge in [-0.15, -0.1) is 0 Å². The molecule has 0 N–H and O–H groups in total. The maximum atomic E-state index is 2.38. The minimum atomic E-state index is -0.170. The van der Waals surface area contributed by atoms with Gasteiger partial charge >= 0.3 is 51.7 Å². The molecule has 7 heavy (non-hydrogen) atoms. The Kier molecular flexibility index (Phi) is 1.83. The predicted octanol–water partition coefficient (Wildman–Crippen LogP) is 1.31. The Morgan fingerprint density at radius 1 is 1.71 bits per heavy atom. The van der Waals surface area contributed by atoms with Gasteiger partial charge < -0.3 is 0 Å². The van der Waals surface area contributed by atoms with Crippen LogP contribution in [-0.2, 0) is 0 Å². The van der Waals surface area contributed by atoms with Crippen LogP contribution >= 0.6 is 0 Å². The second-order valence-corrected chi connectivity index (χ2v) is 5.20. The van der Waals surface area contributed by atoms with Crippen molar-refractivity contribution in [3.05, 3.63) is 22.4 Å². The van der Waals surface area contributed by atoms with E-state index in [0.717, 1.165) is 0 Å². The van der Waals surface area contributed by atoms with Gasteiger partial charge in [0.2, 0.25) is 0 Å². The average Bonchev–Trinajstić information content (AvgIpc) is 2.14. The Bertz CT molecular complexity index is 111. The van der Waals surface area contributed by atoms with Crippen LogP contribution in [0.5, 0.6) is 0 Å². The summed E-state index contributed by atoms with van der Waals surface area (Å²) in [6, 6.07) is 0. The second-order valence-electron chi connectivity index (χ2n) is 1.81. The molecule has 0 aliphatic heterocycles. The Hall–Kier alpha value is 0.116. The molecule has 0 amide bonds. The van der Waals surface area contributed by atoms with Crippen LogP contribution in [0.1, 0.15) is 6.42 Å². The van der Waals surface area contributed by atoms with Gasteiger partial charge in [-0.05, 0) is 0 Å². The molecule has 0 nitrogen and oxygen atoms in total. The van der Waals surface area contributed by atoms with Gasteiger partial charge in [-0.25, -0.2) is 0 Å². The van der Waals surface area contributed by atoms with Gasteiger partial charge in [-0.2, -0.15) is 0 Å². The van der Waals surface area contributed by atoms with E-state index in [1.807, 2.05) is 0 Å². The summed E-state index contributed by atoms with van der Waals surface area (Å²) in [5.41, 5.74) is 2.38. The molecule has 0 spiro atoms. The Balaban J connectivity index is 2.45. The van der Waals surface area contributed by atoms with E-state index in [0.29, 0.717) is 0 Å². The molecule has 0 bridgehead atoms. The van der Waals surface area contributed by atoms with Gasteiger partial charge in [-0.1, -0.05) is 0 Å². The van der Waals surface area contributed by atoms with E-state index >= 15 is 0 Å². The molecule has 36 valence electrons. The van der Waals surface area contributed by atoms with Crippen LogP contribution in [0.3, 0.4) is 0 Å². The molecule has 1 rings (SSSR count). The van der Waals surface area contributed by atoms with E-state index in [1.165, 1.54) is 6.42 Å². The van der Waals surface area contributed by atoms with Crippen molar-refractivity contribution in [2.45, 2.75) is 11.9 Å². The van der Waals surface area contributed by atoms with Crippen LogP contribution in [0.25, 0.3) is 0 Å². The SMILES string of the molecule is [CH3][GaH][C]1=CC=CC1. The first-order chi connectivity index (χ1) is 3.43. The zero-order chi connectivity index (χ0) is 5.11. The monoisotopic (exact) mass is 150 g/mol. The normalized spacial score (nSPS) is 17.0. The van der Waals surface area contributed by atoms with Crippen molar-refractivity contribution >= 4 is 17.4 Å². The van der Waals surface area contributed by atoms with Crippen molar-refractivity contribution in [2.24, 2.45) is 0 Å². The molecular formula is C6H9Ga. The van der Waals surface area contributed by atoms with Gasteiger partial charge in [0, 0.05) is 0 Å². The number of allylic oxidation sites excluding steroid dienone is 4. The Morgan fingerprint density at radius 3 is 2.86 bits per heavy atom. The van der Waals surface area contributed by atoms with E-state index in [9.17, 15) is 0 Å². The molecule has 1 aliphatic rings. The molecule has 0 heterocycles. The van der Waals surface area contributed by atoms with E-state index in [4.69, 9.17) is 0 Å². The van der Waals surface area contributed by atoms with Crippen molar-refractivity contribution in [1.29, 1.82) is 0 Å². The molecule has 1 heteroatoms. The third-order valence-electron chi connectivity index (χ3n) is 1.30. The Morgan fingerprint density at radius 2 is 2.57 bits per heavy atom. The first-order valence-corrected chi connectivity index (χ1v) is 7.23. The molecule has 0 aromatic carbocycles. The summed E-state index contributed by atoms with van der Waals surface area (Å²) in [4.78, 5) is 0. The van der Waals surface area contributed by atoms with Crippen molar-refractivity contribution in [1.82, 2.24) is 0 Å². The predicted molar refractivity (Wildman–Crippen MR) is 34.9 cm³/mol. The van der Waals surface area contributed by atoms with Crippen molar-refractivity contribution in [3.63, 3.8) is 0 Å². The molecule has 1 aliphatic carbocycles. The molecule has 0 radical (unpaired) electrons. The summed E-state index contributed by atoms with van der Waals surface area (Å²) in [6.07, 6.45) is 7.96. The number of hydrogen-bond donors (Lipinski definition) is 0. The van der Waals surface area contributed by atoms with Crippen LogP contribution in [0.4, 0.5) is 0 Å². The molecule has 0 fully saturated rings. The number of hydrogen-bond acceptors (Lipinski definition) is 0. The topological polar surface area (TPSA) is 0 Å². The van der Waals surface area contributed by atoms with E-state index in [-0.39, 0.29) is 17.4 Å². The zero-order valence-corrected chi connectivity index (χ0v) is 7.61. The van der Waals surface area contributed by atoms with Crippen LogP contribution < -0.4 is 0 Å². The maximum absolute atomic E-state index is 2.38. The fourth-order valence-corrected chi connectivity index (χ4v) is 2.49. The molecule has 0 atom stereocenters. The van der Waals surface area contributed by atoms with E-state index in [1.54, 1.807) is 4.13 Å².